The van der Waals surface area contributed by atoms with Crippen LogP contribution in [0.4, 0.5) is 0 Å². The second-order valence-electron chi connectivity index (χ2n) is 6.16. The Morgan fingerprint density at radius 3 is 2.71 bits per heavy atom. The Morgan fingerprint density at radius 2 is 2.00 bits per heavy atom. The van der Waals surface area contributed by atoms with Gasteiger partial charge in [0.2, 0.25) is 0 Å². The number of aromatic amines is 1. The summed E-state index contributed by atoms with van der Waals surface area (Å²) in [4.78, 5) is 21.7. The molecule has 5 nitrogen and oxygen atoms in total. The predicted molar refractivity (Wildman–Crippen MR) is 82.8 cm³/mol. The first-order chi connectivity index (χ1) is 10.2. The molecule has 3 rings (SSSR count). The Kier molecular flexibility index (Phi) is 4.08. The monoisotopic (exact) mass is 288 g/mol. The first-order valence-electron chi connectivity index (χ1n) is 8.19. The number of nitrogens with one attached hydrogen (secondary N) is 1. The van der Waals surface area contributed by atoms with Gasteiger partial charge < -0.3 is 0 Å². The van der Waals surface area contributed by atoms with E-state index in [1.54, 1.807) is 4.52 Å². The quantitative estimate of drug-likeness (QED) is 0.940. The van der Waals surface area contributed by atoms with Crippen LogP contribution in [0, 0.1) is 6.92 Å². The fourth-order valence-corrected chi connectivity index (χ4v) is 3.27. The molecule has 0 unspecified atom stereocenters. The third kappa shape index (κ3) is 2.74. The van der Waals surface area contributed by atoms with E-state index >= 15 is 0 Å². The molecule has 0 amide bonds. The van der Waals surface area contributed by atoms with Crippen LogP contribution in [0.15, 0.2) is 4.79 Å². The number of aryl methyl sites for hydroxylation is 1. The highest BCUT2D eigenvalue weighted by molar-refractivity contribution is 5.32. The van der Waals surface area contributed by atoms with Crippen molar-refractivity contribution in [1.29, 1.82) is 0 Å². The van der Waals surface area contributed by atoms with Crippen molar-refractivity contribution in [2.45, 2.75) is 71.1 Å². The molecule has 1 fully saturated rings. The molecule has 2 aromatic rings. The summed E-state index contributed by atoms with van der Waals surface area (Å²) in [6.45, 7) is 4.05. The summed E-state index contributed by atoms with van der Waals surface area (Å²) in [5.74, 6) is 1.92. The van der Waals surface area contributed by atoms with Gasteiger partial charge in [0, 0.05) is 11.5 Å². The number of hydrogen-bond donors (Lipinski definition) is 1. The van der Waals surface area contributed by atoms with Gasteiger partial charge in [0.1, 0.15) is 5.82 Å². The van der Waals surface area contributed by atoms with Gasteiger partial charge >= 0.3 is 0 Å². The number of unbranched alkanes of at least 4 members (excludes halogenated alkanes) is 1. The zero-order chi connectivity index (χ0) is 14.8. The van der Waals surface area contributed by atoms with Crippen LogP contribution < -0.4 is 5.56 Å². The predicted octanol–water partition coefficient (Wildman–Crippen LogP) is 3.12. The third-order valence-corrected chi connectivity index (χ3v) is 4.58. The number of nitrogens with zero attached hydrogens (tertiary/aromatic N) is 3. The van der Waals surface area contributed by atoms with Crippen LogP contribution in [0.25, 0.3) is 5.78 Å². The Bertz CT molecular complexity index is 679. The maximum atomic E-state index is 12.6. The van der Waals surface area contributed by atoms with Gasteiger partial charge in [-0.15, -0.1) is 0 Å². The zero-order valence-corrected chi connectivity index (χ0v) is 13.0. The number of fused-ring (bicyclic) bond motifs is 1. The van der Waals surface area contributed by atoms with Crippen LogP contribution in [-0.2, 0) is 6.42 Å². The van der Waals surface area contributed by atoms with E-state index in [4.69, 9.17) is 0 Å². The average molecular weight is 288 g/mol. The van der Waals surface area contributed by atoms with Gasteiger partial charge in [-0.05, 0) is 32.6 Å². The van der Waals surface area contributed by atoms with Crippen LogP contribution >= 0.6 is 0 Å². The van der Waals surface area contributed by atoms with Crippen LogP contribution in [0.2, 0.25) is 0 Å². The minimum Gasteiger partial charge on any atom is -0.275 e. The molecule has 0 aromatic carbocycles. The second-order valence-corrected chi connectivity index (χ2v) is 6.16. The Morgan fingerprint density at radius 1 is 1.24 bits per heavy atom. The average Bonchev–Trinajstić information content (AvgIpc) is 2.92. The normalized spacial score (nSPS) is 16.7. The molecule has 1 aliphatic rings. The van der Waals surface area contributed by atoms with Gasteiger partial charge in [0.05, 0.1) is 5.69 Å². The lowest BCUT2D eigenvalue weighted by Gasteiger charge is -2.18. The topological polar surface area (TPSA) is 63.1 Å². The van der Waals surface area contributed by atoms with E-state index in [0.717, 1.165) is 49.2 Å². The molecule has 21 heavy (non-hydrogen) atoms. The Labute approximate surface area is 124 Å². The van der Waals surface area contributed by atoms with Gasteiger partial charge in [0.15, 0.2) is 0 Å². The van der Waals surface area contributed by atoms with Crippen molar-refractivity contribution < 1.29 is 0 Å². The molecule has 5 heteroatoms. The Hall–Kier alpha value is -1.65. The van der Waals surface area contributed by atoms with Crippen molar-refractivity contribution in [3.8, 4) is 0 Å². The van der Waals surface area contributed by atoms with Crippen molar-refractivity contribution in [3.05, 3.63) is 27.4 Å². The molecule has 1 aliphatic carbocycles. The molecule has 0 radical (unpaired) electrons. The lowest BCUT2D eigenvalue weighted by molar-refractivity contribution is 0.428. The molecular weight excluding hydrogens is 264 g/mol. The molecule has 2 aromatic heterocycles. The Balaban J connectivity index is 2.00. The zero-order valence-electron chi connectivity index (χ0n) is 13.0. The molecular formula is C16H24N4O. The highest BCUT2D eigenvalue weighted by Gasteiger charge is 2.20. The molecule has 1 saturated carbocycles. The molecule has 0 saturated heterocycles. The number of H-pyrrole nitrogens is 1. The van der Waals surface area contributed by atoms with E-state index in [0.29, 0.717) is 11.7 Å². The number of aromatic nitrogens is 4. The highest BCUT2D eigenvalue weighted by atomic mass is 16.1. The van der Waals surface area contributed by atoms with Crippen LogP contribution in [0.5, 0.6) is 0 Å². The summed E-state index contributed by atoms with van der Waals surface area (Å²) >= 11 is 0. The highest BCUT2D eigenvalue weighted by Crippen LogP contribution is 2.30. The maximum Gasteiger partial charge on any atom is 0.277 e. The van der Waals surface area contributed by atoms with Crippen molar-refractivity contribution in [2.75, 3.05) is 0 Å². The van der Waals surface area contributed by atoms with Crippen molar-refractivity contribution >= 4 is 5.78 Å². The van der Waals surface area contributed by atoms with E-state index in [1.165, 1.54) is 19.3 Å². The first-order valence-corrected chi connectivity index (χ1v) is 8.19. The van der Waals surface area contributed by atoms with Gasteiger partial charge in [-0.3, -0.25) is 9.89 Å². The van der Waals surface area contributed by atoms with Crippen molar-refractivity contribution in [2.24, 2.45) is 0 Å². The lowest BCUT2D eigenvalue weighted by atomic mass is 9.89. The van der Waals surface area contributed by atoms with E-state index in [1.807, 2.05) is 6.92 Å². The first kappa shape index (κ1) is 14.3. The fourth-order valence-electron chi connectivity index (χ4n) is 3.27. The smallest absolute Gasteiger partial charge is 0.275 e. The molecule has 0 spiro atoms. The van der Waals surface area contributed by atoms with Gasteiger partial charge in [0.25, 0.3) is 11.3 Å². The minimum atomic E-state index is 0.0282. The van der Waals surface area contributed by atoms with Gasteiger partial charge in [-0.1, -0.05) is 32.6 Å². The van der Waals surface area contributed by atoms with Crippen molar-refractivity contribution in [3.63, 3.8) is 0 Å². The summed E-state index contributed by atoms with van der Waals surface area (Å²) in [7, 11) is 0. The van der Waals surface area contributed by atoms with E-state index in [9.17, 15) is 4.79 Å². The molecule has 1 N–H and O–H groups in total. The third-order valence-electron chi connectivity index (χ3n) is 4.58. The maximum absolute atomic E-state index is 12.6. The van der Waals surface area contributed by atoms with Gasteiger partial charge in [-0.2, -0.15) is 9.50 Å². The SMILES string of the molecule is CCCCc1c(C)nc2nc(C3CCCCC3)[nH]n2c1=O. The summed E-state index contributed by atoms with van der Waals surface area (Å²) in [5.41, 5.74) is 1.68. The van der Waals surface area contributed by atoms with Crippen molar-refractivity contribution in [1.82, 2.24) is 19.6 Å². The molecule has 0 atom stereocenters. The molecule has 114 valence electrons. The van der Waals surface area contributed by atoms with Crippen LogP contribution in [-0.4, -0.2) is 19.6 Å². The number of hydrogen-bond acceptors (Lipinski definition) is 3. The molecule has 0 bridgehead atoms. The fraction of sp³-hybridized carbons (Fsp3) is 0.688. The van der Waals surface area contributed by atoms with Crippen LogP contribution in [0.1, 0.15) is 74.9 Å². The standard InChI is InChI=1S/C16H24N4O/c1-3-4-10-13-11(2)17-16-18-14(19-20(16)15(13)21)12-8-6-5-7-9-12/h12H,3-10H2,1-2H3,(H,17,18,19). The molecule has 2 heterocycles. The lowest BCUT2D eigenvalue weighted by Crippen LogP contribution is -2.22. The van der Waals surface area contributed by atoms with E-state index in [-0.39, 0.29) is 5.56 Å². The number of rotatable bonds is 4. The van der Waals surface area contributed by atoms with E-state index < -0.39 is 0 Å². The van der Waals surface area contributed by atoms with E-state index in [2.05, 4.69) is 22.0 Å². The second kappa shape index (κ2) is 6.00. The summed E-state index contributed by atoms with van der Waals surface area (Å²) < 4.78 is 1.54. The summed E-state index contributed by atoms with van der Waals surface area (Å²) in [5, 5.41) is 3.21. The van der Waals surface area contributed by atoms with Crippen LogP contribution in [0.3, 0.4) is 0 Å². The van der Waals surface area contributed by atoms with Gasteiger partial charge in [-0.25, -0.2) is 4.98 Å². The summed E-state index contributed by atoms with van der Waals surface area (Å²) in [6.07, 6.45) is 9.05. The largest absolute Gasteiger partial charge is 0.277 e. The summed E-state index contributed by atoms with van der Waals surface area (Å²) in [6, 6.07) is 0. The minimum absolute atomic E-state index is 0.0282. The molecule has 0 aliphatic heterocycles.